The Bertz CT molecular complexity index is 1060. The lowest BCUT2D eigenvalue weighted by molar-refractivity contribution is -0.0583. The average molecular weight is 827 g/mol. The number of ether oxygens (including phenoxy) is 2. The normalized spacial score (nSPS) is 11.4. The van der Waals surface area contributed by atoms with Gasteiger partial charge in [-0.05, 0) is 36.8 Å². The molecule has 0 aliphatic rings. The maximum Gasteiger partial charge on any atom is 0.407 e. The third-order valence-corrected chi connectivity index (χ3v) is 12.5. The molecule has 4 N–H and O–H groups in total. The highest BCUT2D eigenvalue weighted by molar-refractivity contribution is 5.67. The molecule has 0 spiro atoms. The van der Waals surface area contributed by atoms with Gasteiger partial charge in [0.15, 0.2) is 0 Å². The first-order valence-corrected chi connectivity index (χ1v) is 26.0. The van der Waals surface area contributed by atoms with Gasteiger partial charge in [0, 0.05) is 5.56 Å². The number of amides is 2. The van der Waals surface area contributed by atoms with Gasteiger partial charge in [-0.3, -0.25) is 0 Å². The summed E-state index contributed by atoms with van der Waals surface area (Å²) in [5.41, 5.74) is 13.6. The van der Waals surface area contributed by atoms with Crippen LogP contribution in [0.2, 0.25) is 0 Å². The Morgan fingerprint density at radius 1 is 0.390 bits per heavy atom. The molecule has 1 aromatic carbocycles. The van der Waals surface area contributed by atoms with Gasteiger partial charge < -0.3 is 20.9 Å². The van der Waals surface area contributed by atoms with Gasteiger partial charge in [-0.2, -0.15) is 0 Å². The second kappa shape index (κ2) is 42.5. The predicted molar refractivity (Wildman–Crippen MR) is 254 cm³/mol. The molecule has 0 saturated carbocycles. The van der Waals surface area contributed by atoms with Crippen molar-refractivity contribution in [2.24, 2.45) is 11.5 Å². The minimum Gasteiger partial charge on any atom is -0.405 e. The summed E-state index contributed by atoms with van der Waals surface area (Å²) in [4.78, 5) is 23.2. The molecule has 1 aromatic rings. The number of carbonyl (C=O) groups excluding carboxylic acids is 2. The van der Waals surface area contributed by atoms with Gasteiger partial charge in [0.1, 0.15) is 0 Å². The zero-order chi connectivity index (χ0) is 42.7. The van der Waals surface area contributed by atoms with Crippen molar-refractivity contribution < 1.29 is 19.1 Å². The third-order valence-electron chi connectivity index (χ3n) is 12.5. The minimum atomic E-state index is -1.22. The van der Waals surface area contributed by atoms with Crippen LogP contribution in [0.3, 0.4) is 0 Å². The molecule has 0 aromatic heterocycles. The van der Waals surface area contributed by atoms with Crippen LogP contribution in [0, 0.1) is 0 Å². The molecular formula is C53H98N2O4. The summed E-state index contributed by atoms with van der Waals surface area (Å²) in [5, 5.41) is 0. The van der Waals surface area contributed by atoms with E-state index in [1.165, 1.54) is 243 Å². The summed E-state index contributed by atoms with van der Waals surface area (Å²) in [6.45, 7) is 4.56. The van der Waals surface area contributed by atoms with Gasteiger partial charge in [-0.1, -0.05) is 276 Å². The van der Waals surface area contributed by atoms with Crippen LogP contribution in [0.5, 0.6) is 0 Å². The second-order valence-corrected chi connectivity index (χ2v) is 18.2. The molecule has 2 amide bonds. The molecular weight excluding hydrogens is 729 g/mol. The Labute approximate surface area is 366 Å². The molecule has 0 unspecified atom stereocenters. The van der Waals surface area contributed by atoms with E-state index in [1.54, 1.807) is 0 Å². The van der Waals surface area contributed by atoms with E-state index in [0.29, 0.717) is 5.56 Å². The van der Waals surface area contributed by atoms with Crippen LogP contribution < -0.4 is 11.5 Å². The van der Waals surface area contributed by atoms with Gasteiger partial charge in [-0.15, -0.1) is 0 Å². The number of unbranched alkanes of at least 4 members (excludes halogenated alkanes) is 38. The van der Waals surface area contributed by atoms with Crippen molar-refractivity contribution in [3.63, 3.8) is 0 Å². The molecule has 6 nitrogen and oxygen atoms in total. The molecule has 1 rings (SSSR count). The van der Waals surface area contributed by atoms with Crippen LogP contribution in [-0.2, 0) is 22.3 Å². The van der Waals surface area contributed by atoms with Crippen LogP contribution >= 0.6 is 0 Å². The van der Waals surface area contributed by atoms with Crippen molar-refractivity contribution >= 4 is 12.2 Å². The van der Waals surface area contributed by atoms with Gasteiger partial charge in [-0.25, -0.2) is 9.59 Å². The molecule has 0 bridgehead atoms. The predicted octanol–water partition coefficient (Wildman–Crippen LogP) is 17.6. The quantitative estimate of drug-likeness (QED) is 0.0505. The molecule has 0 fully saturated rings. The van der Waals surface area contributed by atoms with Crippen molar-refractivity contribution in [3.8, 4) is 0 Å². The molecule has 0 radical (unpaired) electrons. The average Bonchev–Trinajstić information content (AvgIpc) is 3.21. The number of primary amides is 2. The van der Waals surface area contributed by atoms with Gasteiger partial charge >= 0.3 is 12.2 Å². The summed E-state index contributed by atoms with van der Waals surface area (Å²) in [5.74, 6) is 0. The first-order valence-electron chi connectivity index (χ1n) is 26.0. The number of nitrogens with two attached hydrogens (primary N) is 2. The number of aryl methyl sites for hydroxylation is 2. The van der Waals surface area contributed by atoms with Gasteiger partial charge in [0.05, 0.1) is 0 Å². The van der Waals surface area contributed by atoms with Crippen LogP contribution in [0.15, 0.2) is 18.2 Å². The minimum absolute atomic E-state index is 0.656. The van der Waals surface area contributed by atoms with E-state index in [1.807, 2.05) is 12.1 Å². The first-order chi connectivity index (χ1) is 29.0. The zero-order valence-electron chi connectivity index (χ0n) is 39.3. The maximum absolute atomic E-state index is 11.6. The van der Waals surface area contributed by atoms with Gasteiger partial charge in [0.2, 0.25) is 0 Å². The van der Waals surface area contributed by atoms with E-state index >= 15 is 0 Å². The summed E-state index contributed by atoms with van der Waals surface area (Å²) in [6.07, 6.45) is 53.8. The number of rotatable bonds is 45. The SMILES string of the molecule is CCCCCCCCCCCCCCCCCCCCCCCCCCCCCCCCCCc1cc(CCCCCCCCCC)ccc1C(OC(N)=O)OC(N)=O. The number of hydrogen-bond donors (Lipinski definition) is 2. The number of carbonyl (C=O) groups is 2. The van der Waals surface area contributed by atoms with Crippen molar-refractivity contribution in [2.45, 2.75) is 290 Å². The van der Waals surface area contributed by atoms with E-state index in [9.17, 15) is 9.59 Å². The second-order valence-electron chi connectivity index (χ2n) is 18.2. The molecule has 0 heterocycles. The maximum atomic E-state index is 11.6. The van der Waals surface area contributed by atoms with Crippen molar-refractivity contribution in [3.05, 3.63) is 34.9 Å². The fraction of sp³-hybridized carbons (Fsp3) is 0.849. The fourth-order valence-corrected chi connectivity index (χ4v) is 8.78. The molecule has 6 heteroatoms. The number of benzene rings is 1. The first kappa shape index (κ1) is 54.8. The van der Waals surface area contributed by atoms with Crippen molar-refractivity contribution in [1.29, 1.82) is 0 Å². The monoisotopic (exact) mass is 827 g/mol. The highest BCUT2D eigenvalue weighted by Crippen LogP contribution is 2.27. The summed E-state index contributed by atoms with van der Waals surface area (Å²) in [6, 6.07) is 6.15. The molecule has 59 heavy (non-hydrogen) atoms. The van der Waals surface area contributed by atoms with Crippen LogP contribution in [0.25, 0.3) is 0 Å². The highest BCUT2D eigenvalue weighted by atomic mass is 16.7. The van der Waals surface area contributed by atoms with Crippen molar-refractivity contribution in [1.82, 2.24) is 0 Å². The lowest BCUT2D eigenvalue weighted by Gasteiger charge is -2.20. The smallest absolute Gasteiger partial charge is 0.405 e. The van der Waals surface area contributed by atoms with Crippen LogP contribution in [0.4, 0.5) is 9.59 Å². The number of hydrogen-bond acceptors (Lipinski definition) is 4. The molecule has 344 valence electrons. The Balaban J connectivity index is 2.04. The van der Waals surface area contributed by atoms with Gasteiger partial charge in [0.25, 0.3) is 6.29 Å². The highest BCUT2D eigenvalue weighted by Gasteiger charge is 2.22. The third kappa shape index (κ3) is 36.2. The molecule has 0 aliphatic carbocycles. The van der Waals surface area contributed by atoms with E-state index in [0.717, 1.165) is 37.7 Å². The fourth-order valence-electron chi connectivity index (χ4n) is 8.78. The lowest BCUT2D eigenvalue weighted by Crippen LogP contribution is -2.25. The van der Waals surface area contributed by atoms with E-state index < -0.39 is 18.5 Å². The Morgan fingerprint density at radius 3 is 0.915 bits per heavy atom. The zero-order valence-corrected chi connectivity index (χ0v) is 39.3. The molecule has 0 atom stereocenters. The molecule has 0 aliphatic heterocycles. The standard InChI is InChI=1S/C53H98N2O4/c1-3-5-7-9-11-13-14-15-16-17-18-19-20-21-22-23-24-25-26-27-28-29-30-31-32-33-34-35-36-38-40-42-44-49-47-48(43-41-39-37-12-10-8-6-4-2)45-46-50(49)51(58-52(54)56)59-53(55)57/h45-47,51H,3-44H2,1-2H3,(H2,54,56)(H2,55,57). The topological polar surface area (TPSA) is 105 Å². The van der Waals surface area contributed by atoms with E-state index in [2.05, 4.69) is 19.9 Å². The van der Waals surface area contributed by atoms with E-state index in [-0.39, 0.29) is 0 Å². The Morgan fingerprint density at radius 2 is 0.644 bits per heavy atom. The Kier molecular flexibility index (Phi) is 39.4. The largest absolute Gasteiger partial charge is 0.407 e. The van der Waals surface area contributed by atoms with Crippen molar-refractivity contribution in [2.75, 3.05) is 0 Å². The van der Waals surface area contributed by atoms with E-state index in [4.69, 9.17) is 20.9 Å². The van der Waals surface area contributed by atoms with Crippen LogP contribution in [-0.4, -0.2) is 12.2 Å². The lowest BCUT2D eigenvalue weighted by atomic mass is 9.95. The summed E-state index contributed by atoms with van der Waals surface area (Å²) in [7, 11) is 0. The Hall–Kier alpha value is -2.24. The molecule has 0 saturated heterocycles. The van der Waals surface area contributed by atoms with Crippen LogP contribution in [0.1, 0.15) is 294 Å². The summed E-state index contributed by atoms with van der Waals surface area (Å²) >= 11 is 0. The summed E-state index contributed by atoms with van der Waals surface area (Å²) < 4.78 is 10.3.